The van der Waals surface area contributed by atoms with Crippen molar-refractivity contribution in [2.75, 3.05) is 0 Å². The van der Waals surface area contributed by atoms with Gasteiger partial charge in [-0.25, -0.2) is 0 Å². The van der Waals surface area contributed by atoms with E-state index in [1.54, 1.807) is 6.14 Å². The first-order valence-electron chi connectivity index (χ1n) is 6.18. The van der Waals surface area contributed by atoms with Gasteiger partial charge in [0.2, 0.25) is 0 Å². The monoisotopic (exact) mass is 412 g/mol. The molecular formula is C16H18Hg. The van der Waals surface area contributed by atoms with Gasteiger partial charge in [-0.2, -0.15) is 0 Å². The van der Waals surface area contributed by atoms with Gasteiger partial charge in [0.25, 0.3) is 0 Å². The van der Waals surface area contributed by atoms with Crippen LogP contribution in [0.5, 0.6) is 0 Å². The van der Waals surface area contributed by atoms with Gasteiger partial charge in [-0.3, -0.25) is 0 Å². The Labute approximate surface area is 117 Å². The fourth-order valence-corrected chi connectivity index (χ4v) is 8.68. The van der Waals surface area contributed by atoms with Gasteiger partial charge in [-0.1, -0.05) is 0 Å². The van der Waals surface area contributed by atoms with E-state index in [2.05, 4.69) is 64.1 Å². The fraction of sp³-hybridized carbons (Fsp3) is 0.250. The molecule has 0 radical (unpaired) electrons. The fourth-order valence-electron chi connectivity index (χ4n) is 2.29. The van der Waals surface area contributed by atoms with Crippen molar-refractivity contribution in [2.24, 2.45) is 0 Å². The van der Waals surface area contributed by atoms with Crippen LogP contribution < -0.4 is 6.14 Å². The minimum atomic E-state index is -1.14. The number of hydrogen-bond acceptors (Lipinski definition) is 0. The van der Waals surface area contributed by atoms with Crippen molar-refractivity contribution < 1.29 is 24.6 Å². The first kappa shape index (κ1) is 12.8. The first-order chi connectivity index (χ1) is 8.06. The van der Waals surface area contributed by atoms with Crippen LogP contribution in [0.2, 0.25) is 0 Å². The third-order valence-electron chi connectivity index (χ3n) is 3.38. The third-order valence-corrected chi connectivity index (χ3v) is 12.5. The van der Waals surface area contributed by atoms with Gasteiger partial charge in [0.1, 0.15) is 0 Å². The van der Waals surface area contributed by atoms with Crippen molar-refractivity contribution >= 4 is 6.14 Å². The van der Waals surface area contributed by atoms with Crippen molar-refractivity contribution in [1.82, 2.24) is 0 Å². The van der Waals surface area contributed by atoms with Crippen LogP contribution in [0.3, 0.4) is 0 Å². The van der Waals surface area contributed by atoms with E-state index in [9.17, 15) is 0 Å². The quantitative estimate of drug-likeness (QED) is 0.668. The first-order valence-corrected chi connectivity index (χ1v) is 11.7. The summed E-state index contributed by atoms with van der Waals surface area (Å²) in [5.41, 5.74) is 5.74. The number of hydrogen-bond donors (Lipinski definition) is 0. The molecule has 0 fully saturated rings. The van der Waals surface area contributed by atoms with Gasteiger partial charge in [0, 0.05) is 0 Å². The maximum atomic E-state index is 2.35. The van der Waals surface area contributed by atoms with E-state index in [0.29, 0.717) is 0 Å². The molecule has 2 aromatic carbocycles. The zero-order valence-corrected chi connectivity index (χ0v) is 16.7. The second kappa shape index (κ2) is 5.35. The molecule has 0 saturated heterocycles. The van der Waals surface area contributed by atoms with Crippen LogP contribution in [0.4, 0.5) is 0 Å². The summed E-state index contributed by atoms with van der Waals surface area (Å²) in [5, 5.41) is 0. The van der Waals surface area contributed by atoms with Gasteiger partial charge >= 0.3 is 117 Å². The molecule has 0 aliphatic carbocycles. The van der Waals surface area contributed by atoms with Crippen LogP contribution in [0.15, 0.2) is 36.4 Å². The van der Waals surface area contributed by atoms with Crippen molar-refractivity contribution in [3.8, 4) is 0 Å². The third kappa shape index (κ3) is 3.19. The van der Waals surface area contributed by atoms with Crippen molar-refractivity contribution in [2.45, 2.75) is 27.7 Å². The molecule has 0 spiro atoms. The number of aryl methyl sites for hydroxylation is 4. The van der Waals surface area contributed by atoms with Crippen LogP contribution in [0.25, 0.3) is 0 Å². The van der Waals surface area contributed by atoms with Crippen LogP contribution in [-0.2, 0) is 24.6 Å². The average molecular weight is 411 g/mol. The van der Waals surface area contributed by atoms with Crippen LogP contribution in [-0.4, -0.2) is 0 Å². The van der Waals surface area contributed by atoms with Gasteiger partial charge in [-0.15, -0.1) is 0 Å². The van der Waals surface area contributed by atoms with Crippen molar-refractivity contribution in [3.63, 3.8) is 0 Å². The molecule has 0 bridgehead atoms. The normalized spacial score (nSPS) is 10.1. The molecule has 0 amide bonds. The molecule has 1 heteroatoms. The molecular weight excluding hydrogens is 393 g/mol. The average Bonchev–Trinajstić information content (AvgIpc) is 2.25. The van der Waals surface area contributed by atoms with Gasteiger partial charge in [0.15, 0.2) is 0 Å². The summed E-state index contributed by atoms with van der Waals surface area (Å²) in [6.45, 7) is 8.85. The van der Waals surface area contributed by atoms with E-state index >= 15 is 0 Å². The van der Waals surface area contributed by atoms with E-state index < -0.39 is 24.6 Å². The number of benzene rings is 2. The summed E-state index contributed by atoms with van der Waals surface area (Å²) in [5.74, 6) is 0. The number of rotatable bonds is 2. The molecule has 0 nitrogen and oxygen atoms in total. The summed E-state index contributed by atoms with van der Waals surface area (Å²) in [6.07, 6.45) is 0. The molecule has 0 aliphatic rings. The van der Waals surface area contributed by atoms with Crippen LogP contribution in [0.1, 0.15) is 22.3 Å². The topological polar surface area (TPSA) is 0 Å². The molecule has 0 aromatic heterocycles. The summed E-state index contributed by atoms with van der Waals surface area (Å²) in [7, 11) is 0. The van der Waals surface area contributed by atoms with Crippen molar-refractivity contribution in [3.05, 3.63) is 58.7 Å². The maximum absolute atomic E-state index is 2.35. The summed E-state index contributed by atoms with van der Waals surface area (Å²) < 4.78 is 3.31. The predicted octanol–water partition coefficient (Wildman–Crippen LogP) is 2.95. The Bertz CT molecular complexity index is 492. The van der Waals surface area contributed by atoms with Crippen molar-refractivity contribution in [1.29, 1.82) is 0 Å². The summed E-state index contributed by atoms with van der Waals surface area (Å²) in [6, 6.07) is 13.9. The van der Waals surface area contributed by atoms with E-state index in [1.807, 2.05) is 0 Å². The Hall–Kier alpha value is -0.625. The molecule has 0 aliphatic heterocycles. The van der Waals surface area contributed by atoms with Crippen LogP contribution >= 0.6 is 0 Å². The molecule has 17 heavy (non-hydrogen) atoms. The molecule has 2 aromatic rings. The molecule has 2 rings (SSSR count). The molecule has 0 heterocycles. The Morgan fingerprint density at radius 3 is 1.41 bits per heavy atom. The van der Waals surface area contributed by atoms with E-state index in [4.69, 9.17) is 0 Å². The molecule has 0 unspecified atom stereocenters. The van der Waals surface area contributed by atoms with E-state index in [0.717, 1.165) is 0 Å². The second-order valence-corrected chi connectivity index (χ2v) is 12.3. The zero-order valence-electron chi connectivity index (χ0n) is 11.2. The summed E-state index contributed by atoms with van der Waals surface area (Å²) in [4.78, 5) is 0. The van der Waals surface area contributed by atoms with Crippen LogP contribution in [0, 0.1) is 27.7 Å². The zero-order chi connectivity index (χ0) is 12.4. The standard InChI is InChI=1S/2C8H9.Hg/c2*1-7-4-3-5-8(2)6-7;/h2*3-4,6H,1-2H3;. The molecule has 0 atom stereocenters. The Kier molecular flexibility index (Phi) is 4.03. The Balaban J connectivity index is 2.31. The van der Waals surface area contributed by atoms with Gasteiger partial charge in [-0.05, 0) is 0 Å². The molecule has 0 N–H and O–H groups in total. The molecule has 0 saturated carbocycles. The minimum absolute atomic E-state index is 1.14. The second-order valence-electron chi connectivity index (χ2n) is 5.04. The Morgan fingerprint density at radius 2 is 1.06 bits per heavy atom. The van der Waals surface area contributed by atoms with Gasteiger partial charge < -0.3 is 0 Å². The molecule has 84 valence electrons. The van der Waals surface area contributed by atoms with E-state index in [-0.39, 0.29) is 0 Å². The van der Waals surface area contributed by atoms with E-state index in [1.165, 1.54) is 22.3 Å². The van der Waals surface area contributed by atoms with Gasteiger partial charge in [0.05, 0.1) is 0 Å². The summed E-state index contributed by atoms with van der Waals surface area (Å²) >= 11 is -1.14. The SMILES string of the molecule is Cc1cc[c]([Hg][c]2ccc(C)cc2C)c(C)c1. The predicted molar refractivity (Wildman–Crippen MR) is 71.1 cm³/mol. The Morgan fingerprint density at radius 1 is 0.647 bits per heavy atom.